The maximum Gasteiger partial charge on any atom is 0.276 e. The summed E-state index contributed by atoms with van der Waals surface area (Å²) in [4.78, 5) is 4.29. The summed E-state index contributed by atoms with van der Waals surface area (Å²) >= 11 is 1.51. The second-order valence-electron chi connectivity index (χ2n) is 5.19. The Kier molecular flexibility index (Phi) is 4.33. The summed E-state index contributed by atoms with van der Waals surface area (Å²) in [6, 6.07) is 13.4. The molecular formula is C17H15N3O3S. The molecule has 7 heteroatoms. The lowest BCUT2D eigenvalue weighted by atomic mass is 10.2. The minimum atomic E-state index is -0.377. The normalized spacial score (nSPS) is 16.1. The fourth-order valence-corrected chi connectivity index (χ4v) is 3.07. The largest absolute Gasteiger partial charge is 0.485 e. The Bertz CT molecular complexity index is 810. The molecule has 1 atom stereocenters. The summed E-state index contributed by atoms with van der Waals surface area (Å²) in [5.74, 6) is 2.68. The third-order valence-corrected chi connectivity index (χ3v) is 4.34. The zero-order chi connectivity index (χ0) is 16.2. The van der Waals surface area contributed by atoms with Gasteiger partial charge in [0.1, 0.15) is 6.61 Å². The van der Waals surface area contributed by atoms with Gasteiger partial charge >= 0.3 is 0 Å². The van der Waals surface area contributed by atoms with E-state index in [4.69, 9.17) is 13.9 Å². The third kappa shape index (κ3) is 3.35. The van der Waals surface area contributed by atoms with Gasteiger partial charge in [-0.3, -0.25) is 4.98 Å². The van der Waals surface area contributed by atoms with Crippen LogP contribution in [0, 0.1) is 0 Å². The number of para-hydroxylation sites is 2. The Morgan fingerprint density at radius 1 is 1.04 bits per heavy atom. The highest BCUT2D eigenvalue weighted by Gasteiger charge is 2.27. The highest BCUT2D eigenvalue weighted by molar-refractivity contribution is 7.99. The fourth-order valence-electron chi connectivity index (χ4n) is 2.34. The lowest BCUT2D eigenvalue weighted by molar-refractivity contribution is 0.0686. The molecule has 0 saturated heterocycles. The van der Waals surface area contributed by atoms with Gasteiger partial charge in [-0.2, -0.15) is 0 Å². The molecule has 0 spiro atoms. The molecule has 1 unspecified atom stereocenters. The molecule has 24 heavy (non-hydrogen) atoms. The van der Waals surface area contributed by atoms with Crippen LogP contribution in [0.3, 0.4) is 0 Å². The van der Waals surface area contributed by atoms with E-state index in [1.54, 1.807) is 6.20 Å². The molecule has 0 bridgehead atoms. The quantitative estimate of drug-likeness (QED) is 0.659. The van der Waals surface area contributed by atoms with Crippen LogP contribution in [0.15, 0.2) is 58.3 Å². The highest BCUT2D eigenvalue weighted by atomic mass is 32.2. The number of aryl methyl sites for hydroxylation is 1. The summed E-state index contributed by atoms with van der Waals surface area (Å²) in [5.41, 5.74) is 1.05. The number of ether oxygens (including phenoxy) is 2. The van der Waals surface area contributed by atoms with E-state index in [1.165, 1.54) is 11.8 Å². The summed E-state index contributed by atoms with van der Waals surface area (Å²) in [6.45, 7) is 0.358. The van der Waals surface area contributed by atoms with Crippen LogP contribution in [0.25, 0.3) is 0 Å². The van der Waals surface area contributed by atoms with E-state index >= 15 is 0 Å². The summed E-state index contributed by atoms with van der Waals surface area (Å²) in [6.07, 6.45) is 2.26. The van der Waals surface area contributed by atoms with Gasteiger partial charge in [0.25, 0.3) is 11.1 Å². The van der Waals surface area contributed by atoms with Crippen molar-refractivity contribution in [3.8, 4) is 11.5 Å². The Morgan fingerprint density at radius 3 is 2.79 bits per heavy atom. The average molecular weight is 341 g/mol. The number of rotatable bonds is 5. The second kappa shape index (κ2) is 6.92. The third-order valence-electron chi connectivity index (χ3n) is 3.52. The smallest absolute Gasteiger partial charge is 0.276 e. The molecule has 1 aliphatic heterocycles. The molecule has 0 amide bonds. The van der Waals surface area contributed by atoms with E-state index in [-0.39, 0.29) is 6.10 Å². The Balaban J connectivity index is 1.35. The van der Waals surface area contributed by atoms with E-state index in [0.717, 1.165) is 23.6 Å². The first kappa shape index (κ1) is 15.0. The predicted octanol–water partition coefficient (Wildman–Crippen LogP) is 3.31. The van der Waals surface area contributed by atoms with Gasteiger partial charge in [0.15, 0.2) is 11.5 Å². The zero-order valence-corrected chi connectivity index (χ0v) is 13.6. The molecule has 6 nitrogen and oxygen atoms in total. The van der Waals surface area contributed by atoms with E-state index < -0.39 is 0 Å². The summed E-state index contributed by atoms with van der Waals surface area (Å²) < 4.78 is 17.2. The minimum Gasteiger partial charge on any atom is -0.485 e. The van der Waals surface area contributed by atoms with E-state index in [9.17, 15) is 0 Å². The number of hydrogen-bond acceptors (Lipinski definition) is 7. The number of hydrogen-bond donors (Lipinski definition) is 0. The SMILES string of the molecule is c1ccc(CCSc2nnc(C3COc4ccccc4O3)o2)nc1. The molecular weight excluding hydrogens is 326 g/mol. The van der Waals surface area contributed by atoms with Crippen LogP contribution < -0.4 is 9.47 Å². The monoisotopic (exact) mass is 341 g/mol. The van der Waals surface area contributed by atoms with Crippen molar-refractivity contribution in [2.24, 2.45) is 0 Å². The van der Waals surface area contributed by atoms with Gasteiger partial charge in [0.2, 0.25) is 6.10 Å². The Hall–Kier alpha value is -2.54. The van der Waals surface area contributed by atoms with Crippen molar-refractivity contribution < 1.29 is 13.9 Å². The maximum atomic E-state index is 5.86. The molecule has 122 valence electrons. The van der Waals surface area contributed by atoms with Crippen molar-refractivity contribution in [1.29, 1.82) is 0 Å². The minimum absolute atomic E-state index is 0.358. The number of aromatic nitrogens is 3. The molecule has 0 radical (unpaired) electrons. The first-order valence-electron chi connectivity index (χ1n) is 7.63. The predicted molar refractivity (Wildman–Crippen MR) is 88.3 cm³/mol. The summed E-state index contributed by atoms with van der Waals surface area (Å²) in [5, 5.41) is 8.68. The number of thioether (sulfide) groups is 1. The van der Waals surface area contributed by atoms with Gasteiger partial charge in [-0.1, -0.05) is 30.0 Å². The molecule has 0 saturated carbocycles. The van der Waals surface area contributed by atoms with Crippen molar-refractivity contribution in [3.05, 3.63) is 60.2 Å². The Labute approximate surface area is 143 Å². The van der Waals surface area contributed by atoms with Gasteiger partial charge in [-0.05, 0) is 30.7 Å². The number of pyridine rings is 1. The van der Waals surface area contributed by atoms with Crippen LogP contribution in [0.2, 0.25) is 0 Å². The van der Waals surface area contributed by atoms with Crippen LogP contribution in [0.5, 0.6) is 11.5 Å². The van der Waals surface area contributed by atoms with Crippen LogP contribution in [-0.4, -0.2) is 27.5 Å². The molecule has 2 aromatic heterocycles. The van der Waals surface area contributed by atoms with E-state index in [2.05, 4.69) is 15.2 Å². The van der Waals surface area contributed by atoms with E-state index in [0.29, 0.717) is 23.5 Å². The van der Waals surface area contributed by atoms with Crippen LogP contribution in [-0.2, 0) is 6.42 Å². The first-order valence-corrected chi connectivity index (χ1v) is 8.61. The molecule has 0 fully saturated rings. The maximum absolute atomic E-state index is 5.86. The Morgan fingerprint density at radius 2 is 1.92 bits per heavy atom. The van der Waals surface area contributed by atoms with Gasteiger partial charge in [-0.25, -0.2) is 0 Å². The molecule has 4 rings (SSSR count). The average Bonchev–Trinajstić information content (AvgIpc) is 3.11. The van der Waals surface area contributed by atoms with Crippen LogP contribution in [0.1, 0.15) is 17.7 Å². The van der Waals surface area contributed by atoms with Crippen molar-refractivity contribution in [1.82, 2.24) is 15.2 Å². The molecule has 0 N–H and O–H groups in total. The van der Waals surface area contributed by atoms with Gasteiger partial charge in [-0.15, -0.1) is 10.2 Å². The second-order valence-corrected chi connectivity index (χ2v) is 6.24. The van der Waals surface area contributed by atoms with Crippen LogP contribution >= 0.6 is 11.8 Å². The molecule has 1 aliphatic rings. The van der Waals surface area contributed by atoms with Crippen LogP contribution in [0.4, 0.5) is 0 Å². The highest BCUT2D eigenvalue weighted by Crippen LogP contribution is 2.35. The summed E-state index contributed by atoms with van der Waals surface area (Å²) in [7, 11) is 0. The van der Waals surface area contributed by atoms with Crippen molar-refractivity contribution in [3.63, 3.8) is 0 Å². The lowest BCUT2D eigenvalue weighted by Crippen LogP contribution is -2.21. The number of nitrogens with zero attached hydrogens (tertiary/aromatic N) is 3. The molecule has 3 aromatic rings. The lowest BCUT2D eigenvalue weighted by Gasteiger charge is -2.23. The van der Waals surface area contributed by atoms with Crippen molar-refractivity contribution in [2.75, 3.05) is 12.4 Å². The number of benzene rings is 1. The molecule has 0 aliphatic carbocycles. The molecule has 3 heterocycles. The zero-order valence-electron chi connectivity index (χ0n) is 12.8. The molecule has 1 aromatic carbocycles. The van der Waals surface area contributed by atoms with Crippen molar-refractivity contribution >= 4 is 11.8 Å². The van der Waals surface area contributed by atoms with Gasteiger partial charge in [0, 0.05) is 17.6 Å². The first-order chi connectivity index (χ1) is 11.9. The number of fused-ring (bicyclic) bond motifs is 1. The van der Waals surface area contributed by atoms with Gasteiger partial charge in [0.05, 0.1) is 0 Å². The topological polar surface area (TPSA) is 70.3 Å². The van der Waals surface area contributed by atoms with Crippen molar-refractivity contribution in [2.45, 2.75) is 17.7 Å². The fraction of sp³-hybridized carbons (Fsp3) is 0.235. The van der Waals surface area contributed by atoms with E-state index in [1.807, 2.05) is 42.5 Å². The van der Waals surface area contributed by atoms with Gasteiger partial charge < -0.3 is 13.9 Å². The standard InChI is InChI=1S/C17H15N3O3S/c1-2-7-14-13(6-1)21-11-15(22-14)16-19-20-17(23-16)24-10-8-12-5-3-4-9-18-12/h1-7,9,15H,8,10-11H2.